The van der Waals surface area contributed by atoms with Gasteiger partial charge in [0, 0.05) is 19.6 Å². The maximum Gasteiger partial charge on any atom is 0.325 e. The van der Waals surface area contributed by atoms with Crippen LogP contribution in [0.2, 0.25) is 0 Å². The summed E-state index contributed by atoms with van der Waals surface area (Å²) in [5, 5.41) is 9.60. The standard InChI is InChI=1S/C12H20N4O4S/c1-4-20-12(17)10-7-13-5-6-16(10)21(18,19)11-8(2)14-15-9(11)3/h10,13H,4-7H2,1-3H3,(H,14,15). The molecule has 9 heteroatoms. The van der Waals surface area contributed by atoms with E-state index in [1.54, 1.807) is 20.8 Å². The second-order valence-corrected chi connectivity index (χ2v) is 6.68. The van der Waals surface area contributed by atoms with Crippen LogP contribution in [0.15, 0.2) is 4.90 Å². The average Bonchev–Trinajstić information content (AvgIpc) is 2.79. The van der Waals surface area contributed by atoms with Gasteiger partial charge in [-0.3, -0.25) is 9.89 Å². The number of rotatable bonds is 4. The van der Waals surface area contributed by atoms with Gasteiger partial charge in [-0.2, -0.15) is 9.40 Å². The number of H-pyrrole nitrogens is 1. The van der Waals surface area contributed by atoms with E-state index in [0.717, 1.165) is 0 Å². The average molecular weight is 316 g/mol. The molecule has 1 saturated heterocycles. The van der Waals surface area contributed by atoms with E-state index in [9.17, 15) is 13.2 Å². The number of aromatic nitrogens is 2. The Bertz CT molecular complexity index is 606. The highest BCUT2D eigenvalue weighted by Crippen LogP contribution is 2.24. The number of carbonyl (C=O) groups excluding carboxylic acids is 1. The lowest BCUT2D eigenvalue weighted by Gasteiger charge is -2.33. The zero-order chi connectivity index (χ0) is 15.6. The van der Waals surface area contributed by atoms with Crippen LogP contribution in [0.4, 0.5) is 0 Å². The molecule has 2 rings (SSSR count). The summed E-state index contributed by atoms with van der Waals surface area (Å²) in [5.74, 6) is -0.535. The van der Waals surface area contributed by atoms with E-state index in [4.69, 9.17) is 4.74 Å². The Morgan fingerprint density at radius 1 is 1.48 bits per heavy atom. The van der Waals surface area contributed by atoms with E-state index in [0.29, 0.717) is 17.9 Å². The predicted octanol–water partition coefficient (Wildman–Crippen LogP) is -0.448. The minimum absolute atomic E-state index is 0.138. The van der Waals surface area contributed by atoms with Crippen molar-refractivity contribution in [2.45, 2.75) is 31.7 Å². The molecule has 1 atom stereocenters. The van der Waals surface area contributed by atoms with Crippen LogP contribution in [-0.2, 0) is 19.6 Å². The molecule has 0 aliphatic carbocycles. The Kier molecular flexibility index (Phi) is 4.64. The second-order valence-electron chi connectivity index (χ2n) is 4.85. The molecule has 2 heterocycles. The summed E-state index contributed by atoms with van der Waals surface area (Å²) in [6.07, 6.45) is 0. The topological polar surface area (TPSA) is 104 Å². The van der Waals surface area contributed by atoms with Crippen LogP contribution < -0.4 is 5.32 Å². The fourth-order valence-corrected chi connectivity index (χ4v) is 4.36. The molecule has 0 saturated carbocycles. The van der Waals surface area contributed by atoms with Crippen molar-refractivity contribution in [2.24, 2.45) is 0 Å². The Labute approximate surface area is 123 Å². The van der Waals surface area contributed by atoms with Crippen LogP contribution in [0.25, 0.3) is 0 Å². The number of hydrogen-bond donors (Lipinski definition) is 2. The molecule has 1 aliphatic rings. The molecule has 0 aromatic carbocycles. The summed E-state index contributed by atoms with van der Waals surface area (Å²) in [6.45, 7) is 6.13. The van der Waals surface area contributed by atoms with Crippen molar-refractivity contribution >= 4 is 16.0 Å². The van der Waals surface area contributed by atoms with Gasteiger partial charge in [0.15, 0.2) is 0 Å². The van der Waals surface area contributed by atoms with Gasteiger partial charge in [0.2, 0.25) is 10.0 Å². The van der Waals surface area contributed by atoms with Crippen LogP contribution >= 0.6 is 0 Å². The number of hydrogen-bond acceptors (Lipinski definition) is 6. The molecule has 118 valence electrons. The molecule has 0 amide bonds. The molecule has 1 aliphatic heterocycles. The van der Waals surface area contributed by atoms with Gasteiger partial charge in [-0.15, -0.1) is 0 Å². The fourth-order valence-electron chi connectivity index (χ4n) is 2.45. The lowest BCUT2D eigenvalue weighted by Crippen LogP contribution is -2.57. The molecule has 2 N–H and O–H groups in total. The number of piperazine rings is 1. The molecule has 1 fully saturated rings. The fraction of sp³-hybridized carbons (Fsp3) is 0.667. The monoisotopic (exact) mass is 316 g/mol. The zero-order valence-electron chi connectivity index (χ0n) is 12.3. The molecule has 1 aromatic rings. The van der Waals surface area contributed by atoms with Crippen molar-refractivity contribution in [2.75, 3.05) is 26.2 Å². The Morgan fingerprint density at radius 3 is 2.76 bits per heavy atom. The van der Waals surface area contributed by atoms with Crippen molar-refractivity contribution in [1.82, 2.24) is 19.8 Å². The summed E-state index contributed by atoms with van der Waals surface area (Å²) in [6, 6.07) is -0.850. The molecular weight excluding hydrogens is 296 g/mol. The number of sulfonamides is 1. The largest absolute Gasteiger partial charge is 0.465 e. The lowest BCUT2D eigenvalue weighted by molar-refractivity contribution is -0.148. The summed E-state index contributed by atoms with van der Waals surface area (Å²) >= 11 is 0. The summed E-state index contributed by atoms with van der Waals surface area (Å²) < 4.78 is 31.9. The van der Waals surface area contributed by atoms with Gasteiger partial charge < -0.3 is 10.1 Å². The van der Waals surface area contributed by atoms with Gasteiger partial charge in [-0.25, -0.2) is 8.42 Å². The first-order valence-corrected chi connectivity index (χ1v) is 8.24. The highest BCUT2D eigenvalue weighted by Gasteiger charge is 2.40. The quantitative estimate of drug-likeness (QED) is 0.729. The second kappa shape index (κ2) is 6.12. The van der Waals surface area contributed by atoms with E-state index < -0.39 is 22.0 Å². The van der Waals surface area contributed by atoms with Gasteiger partial charge in [-0.05, 0) is 20.8 Å². The highest BCUT2D eigenvalue weighted by atomic mass is 32.2. The van der Waals surface area contributed by atoms with Crippen LogP contribution in [0.1, 0.15) is 18.3 Å². The predicted molar refractivity (Wildman–Crippen MR) is 75.2 cm³/mol. The van der Waals surface area contributed by atoms with Crippen LogP contribution in [0, 0.1) is 13.8 Å². The smallest absolute Gasteiger partial charge is 0.325 e. The third kappa shape index (κ3) is 2.94. The molecule has 1 aromatic heterocycles. The van der Waals surface area contributed by atoms with E-state index in [1.165, 1.54) is 4.31 Å². The third-order valence-corrected chi connectivity index (χ3v) is 5.55. The lowest BCUT2D eigenvalue weighted by atomic mass is 10.2. The summed E-state index contributed by atoms with van der Waals surface area (Å²) in [5.41, 5.74) is 0.863. The number of aryl methyl sites for hydroxylation is 2. The van der Waals surface area contributed by atoms with Crippen LogP contribution in [0.3, 0.4) is 0 Å². The number of ether oxygens (including phenoxy) is 1. The molecule has 0 spiro atoms. The number of carbonyl (C=O) groups is 1. The maximum absolute atomic E-state index is 12.8. The molecular formula is C12H20N4O4S. The Balaban J connectivity index is 2.39. The van der Waals surface area contributed by atoms with Gasteiger partial charge in [0.25, 0.3) is 0 Å². The SMILES string of the molecule is CCOC(=O)C1CNCCN1S(=O)(=O)c1c(C)n[nH]c1C. The first-order valence-electron chi connectivity index (χ1n) is 6.80. The number of nitrogens with one attached hydrogen (secondary N) is 2. The van der Waals surface area contributed by atoms with Crippen molar-refractivity contribution in [3.05, 3.63) is 11.4 Å². The number of nitrogens with zero attached hydrogens (tertiary/aromatic N) is 2. The van der Waals surface area contributed by atoms with Crippen molar-refractivity contribution in [1.29, 1.82) is 0 Å². The molecule has 21 heavy (non-hydrogen) atoms. The van der Waals surface area contributed by atoms with Crippen molar-refractivity contribution in [3.8, 4) is 0 Å². The van der Waals surface area contributed by atoms with Crippen LogP contribution in [0.5, 0.6) is 0 Å². The first-order chi connectivity index (χ1) is 9.89. The third-order valence-electron chi connectivity index (χ3n) is 3.38. The molecule has 8 nitrogen and oxygen atoms in total. The highest BCUT2D eigenvalue weighted by molar-refractivity contribution is 7.89. The minimum atomic E-state index is -3.79. The number of esters is 1. The van der Waals surface area contributed by atoms with Gasteiger partial charge in [-0.1, -0.05) is 0 Å². The normalized spacial score (nSPS) is 20.4. The number of aromatic amines is 1. The Hall–Kier alpha value is -1.45. The summed E-state index contributed by atoms with van der Waals surface area (Å²) in [4.78, 5) is 12.1. The molecule has 1 unspecified atom stereocenters. The van der Waals surface area contributed by atoms with E-state index in [-0.39, 0.29) is 24.6 Å². The molecule has 0 bridgehead atoms. The maximum atomic E-state index is 12.8. The zero-order valence-corrected chi connectivity index (χ0v) is 13.2. The van der Waals surface area contributed by atoms with Gasteiger partial charge in [0.1, 0.15) is 10.9 Å². The van der Waals surface area contributed by atoms with E-state index in [1.807, 2.05) is 0 Å². The van der Waals surface area contributed by atoms with Gasteiger partial charge in [0.05, 0.1) is 18.0 Å². The van der Waals surface area contributed by atoms with Crippen LogP contribution in [-0.4, -0.2) is 61.2 Å². The molecule has 0 radical (unpaired) electrons. The Morgan fingerprint density at radius 2 is 2.19 bits per heavy atom. The summed E-state index contributed by atoms with van der Waals surface area (Å²) in [7, 11) is -3.79. The van der Waals surface area contributed by atoms with Gasteiger partial charge >= 0.3 is 5.97 Å². The van der Waals surface area contributed by atoms with Crippen molar-refractivity contribution < 1.29 is 17.9 Å². The van der Waals surface area contributed by atoms with E-state index in [2.05, 4.69) is 15.5 Å². The minimum Gasteiger partial charge on any atom is -0.465 e. The first kappa shape index (κ1) is 15.9. The van der Waals surface area contributed by atoms with Crippen molar-refractivity contribution in [3.63, 3.8) is 0 Å². The van der Waals surface area contributed by atoms with E-state index >= 15 is 0 Å².